The molecule has 116 valence electrons. The van der Waals surface area contributed by atoms with Crippen LogP contribution in [0.5, 0.6) is 0 Å². The zero-order valence-electron chi connectivity index (χ0n) is 11.8. The molecule has 1 aromatic rings. The largest absolute Gasteiger partial charge is 0.335 e. The second-order valence-corrected chi connectivity index (χ2v) is 5.34. The first-order chi connectivity index (χ1) is 9.56. The number of anilines is 1. The van der Waals surface area contributed by atoms with E-state index < -0.39 is 0 Å². The molecule has 1 heterocycles. The first kappa shape index (κ1) is 17.8. The fourth-order valence-electron chi connectivity index (χ4n) is 2.22. The van der Waals surface area contributed by atoms with E-state index in [1.54, 1.807) is 31.3 Å². The van der Waals surface area contributed by atoms with Gasteiger partial charge in [0.15, 0.2) is 0 Å². The summed E-state index contributed by atoms with van der Waals surface area (Å²) in [5.74, 6) is -0.273. The van der Waals surface area contributed by atoms with Crippen molar-refractivity contribution >= 4 is 41.5 Å². The molecule has 1 saturated heterocycles. The zero-order valence-corrected chi connectivity index (χ0v) is 13.3. The average molecular weight is 332 g/mol. The van der Waals surface area contributed by atoms with Gasteiger partial charge in [-0.25, -0.2) is 0 Å². The number of nitrogens with zero attached hydrogens (tertiary/aromatic N) is 1. The van der Waals surface area contributed by atoms with Gasteiger partial charge in [0.2, 0.25) is 11.8 Å². The molecule has 1 unspecified atom stereocenters. The molecule has 0 spiro atoms. The smallest absolute Gasteiger partial charge is 0.243 e. The van der Waals surface area contributed by atoms with Gasteiger partial charge in [-0.15, -0.1) is 12.4 Å². The fraction of sp³-hybridized carbons (Fsp3) is 0.429. The summed E-state index contributed by atoms with van der Waals surface area (Å²) in [5, 5.41) is 6.41. The Morgan fingerprint density at radius 2 is 2.24 bits per heavy atom. The highest BCUT2D eigenvalue weighted by atomic mass is 35.5. The van der Waals surface area contributed by atoms with Crippen LogP contribution in [0.2, 0.25) is 5.02 Å². The van der Waals surface area contributed by atoms with E-state index in [1.165, 1.54) is 4.90 Å². The second kappa shape index (κ2) is 8.22. The molecular weight excluding hydrogens is 313 g/mol. The van der Waals surface area contributed by atoms with Crippen LogP contribution < -0.4 is 10.6 Å². The van der Waals surface area contributed by atoms with Gasteiger partial charge < -0.3 is 15.5 Å². The third kappa shape index (κ3) is 5.19. The number of halogens is 2. The average Bonchev–Trinajstić information content (AvgIpc) is 2.91. The van der Waals surface area contributed by atoms with E-state index >= 15 is 0 Å². The molecule has 1 aliphatic rings. The lowest BCUT2D eigenvalue weighted by atomic mass is 10.2. The molecule has 0 aliphatic carbocycles. The van der Waals surface area contributed by atoms with E-state index in [1.807, 2.05) is 0 Å². The summed E-state index contributed by atoms with van der Waals surface area (Å²) in [6.45, 7) is 0.891. The van der Waals surface area contributed by atoms with Gasteiger partial charge in [-0.3, -0.25) is 9.59 Å². The van der Waals surface area contributed by atoms with Crippen LogP contribution in [0, 0.1) is 0 Å². The van der Waals surface area contributed by atoms with Crippen molar-refractivity contribution in [1.82, 2.24) is 10.2 Å². The molecule has 1 fully saturated rings. The number of likely N-dealkylation sites (N-methyl/N-ethyl adjacent to an activating group) is 1. The Balaban J connectivity index is 0.00000220. The van der Waals surface area contributed by atoms with E-state index in [0.29, 0.717) is 10.7 Å². The number of nitrogens with one attached hydrogen (secondary N) is 2. The monoisotopic (exact) mass is 331 g/mol. The molecular formula is C14H19Cl2N3O2. The Hall–Kier alpha value is -1.30. The Bertz CT molecular complexity index is 505. The van der Waals surface area contributed by atoms with Crippen molar-refractivity contribution in [3.63, 3.8) is 0 Å². The molecule has 2 rings (SSSR count). The molecule has 1 aliphatic heterocycles. The number of rotatable bonds is 4. The van der Waals surface area contributed by atoms with Crippen LogP contribution >= 0.6 is 24.0 Å². The quantitative estimate of drug-likeness (QED) is 0.885. The molecule has 2 N–H and O–H groups in total. The molecule has 21 heavy (non-hydrogen) atoms. The van der Waals surface area contributed by atoms with E-state index in [9.17, 15) is 9.59 Å². The van der Waals surface area contributed by atoms with E-state index in [-0.39, 0.29) is 36.8 Å². The maximum Gasteiger partial charge on any atom is 0.243 e. The van der Waals surface area contributed by atoms with Gasteiger partial charge in [-0.2, -0.15) is 0 Å². The third-order valence-electron chi connectivity index (χ3n) is 3.22. The molecule has 0 saturated carbocycles. The number of amides is 2. The molecule has 0 aromatic heterocycles. The molecule has 0 radical (unpaired) electrons. The number of carbonyl (C=O) groups is 2. The first-order valence-electron chi connectivity index (χ1n) is 6.60. The molecule has 2 amide bonds. The van der Waals surface area contributed by atoms with Crippen LogP contribution in [0.15, 0.2) is 24.3 Å². The van der Waals surface area contributed by atoms with E-state index in [2.05, 4.69) is 10.6 Å². The highest BCUT2D eigenvalue weighted by Gasteiger charge is 2.25. The van der Waals surface area contributed by atoms with Crippen molar-refractivity contribution in [3.05, 3.63) is 29.3 Å². The SMILES string of the molecule is CN(CC(=O)Nc1cccc(Cl)c1)C(=O)C1CCCN1.Cl. The summed E-state index contributed by atoms with van der Waals surface area (Å²) in [6, 6.07) is 6.76. The predicted octanol–water partition coefficient (Wildman–Crippen LogP) is 1.91. The summed E-state index contributed by atoms with van der Waals surface area (Å²) in [4.78, 5) is 25.4. The lowest BCUT2D eigenvalue weighted by molar-refractivity contribution is -0.134. The summed E-state index contributed by atoms with van der Waals surface area (Å²) >= 11 is 5.85. The first-order valence-corrected chi connectivity index (χ1v) is 6.98. The Morgan fingerprint density at radius 3 is 2.86 bits per heavy atom. The highest BCUT2D eigenvalue weighted by molar-refractivity contribution is 6.30. The molecule has 5 nitrogen and oxygen atoms in total. The van der Waals surface area contributed by atoms with Gasteiger partial charge >= 0.3 is 0 Å². The van der Waals surface area contributed by atoms with Crippen LogP contribution in [-0.4, -0.2) is 42.9 Å². The molecule has 1 atom stereocenters. The van der Waals surface area contributed by atoms with Crippen molar-refractivity contribution in [1.29, 1.82) is 0 Å². The minimum absolute atomic E-state index is 0. The second-order valence-electron chi connectivity index (χ2n) is 4.90. The summed E-state index contributed by atoms with van der Waals surface area (Å²) < 4.78 is 0. The van der Waals surface area contributed by atoms with Crippen molar-refractivity contribution in [2.45, 2.75) is 18.9 Å². The molecule has 0 bridgehead atoms. The summed E-state index contributed by atoms with van der Waals surface area (Å²) in [7, 11) is 1.64. The maximum atomic E-state index is 12.0. The van der Waals surface area contributed by atoms with Gasteiger partial charge in [-0.05, 0) is 37.6 Å². The van der Waals surface area contributed by atoms with E-state index in [0.717, 1.165) is 19.4 Å². The minimum Gasteiger partial charge on any atom is -0.335 e. The van der Waals surface area contributed by atoms with E-state index in [4.69, 9.17) is 11.6 Å². The fourth-order valence-corrected chi connectivity index (χ4v) is 2.41. The van der Waals surface area contributed by atoms with Gasteiger partial charge in [0.05, 0.1) is 12.6 Å². The van der Waals surface area contributed by atoms with Gasteiger partial charge in [0.1, 0.15) is 0 Å². The molecule has 1 aromatic carbocycles. The van der Waals surface area contributed by atoms with Crippen molar-refractivity contribution in [2.75, 3.05) is 25.5 Å². The number of carbonyl (C=O) groups excluding carboxylic acids is 2. The Labute approximate surface area is 135 Å². The third-order valence-corrected chi connectivity index (χ3v) is 3.46. The molecule has 7 heteroatoms. The van der Waals surface area contributed by atoms with Crippen molar-refractivity contribution in [2.24, 2.45) is 0 Å². The number of hydrogen-bond donors (Lipinski definition) is 2. The van der Waals surface area contributed by atoms with Crippen LogP contribution in [0.4, 0.5) is 5.69 Å². The summed E-state index contributed by atoms with van der Waals surface area (Å²) in [6.07, 6.45) is 1.83. The summed E-state index contributed by atoms with van der Waals surface area (Å²) in [5.41, 5.74) is 0.627. The Kier molecular flexibility index (Phi) is 6.95. The lowest BCUT2D eigenvalue weighted by Crippen LogP contribution is -2.44. The van der Waals surface area contributed by atoms with Crippen LogP contribution in [-0.2, 0) is 9.59 Å². The standard InChI is InChI=1S/C14H18ClN3O2.ClH/c1-18(14(20)12-6-3-7-16-12)9-13(19)17-11-5-2-4-10(15)8-11;/h2,4-5,8,12,16H,3,6-7,9H2,1H3,(H,17,19);1H. The topological polar surface area (TPSA) is 61.4 Å². The van der Waals surface area contributed by atoms with Gasteiger partial charge in [0.25, 0.3) is 0 Å². The van der Waals surface area contributed by atoms with Crippen molar-refractivity contribution < 1.29 is 9.59 Å². The van der Waals surface area contributed by atoms with Gasteiger partial charge in [0, 0.05) is 17.8 Å². The normalized spacial score (nSPS) is 17.0. The predicted molar refractivity (Wildman–Crippen MR) is 86.0 cm³/mol. The number of benzene rings is 1. The lowest BCUT2D eigenvalue weighted by Gasteiger charge is -2.20. The zero-order chi connectivity index (χ0) is 14.5. The van der Waals surface area contributed by atoms with Crippen LogP contribution in [0.25, 0.3) is 0 Å². The van der Waals surface area contributed by atoms with Crippen molar-refractivity contribution in [3.8, 4) is 0 Å². The minimum atomic E-state index is -0.235. The number of hydrogen-bond acceptors (Lipinski definition) is 3. The van der Waals surface area contributed by atoms with Crippen LogP contribution in [0.1, 0.15) is 12.8 Å². The highest BCUT2D eigenvalue weighted by Crippen LogP contribution is 2.15. The Morgan fingerprint density at radius 1 is 1.48 bits per heavy atom. The van der Waals surface area contributed by atoms with Gasteiger partial charge in [-0.1, -0.05) is 17.7 Å². The maximum absolute atomic E-state index is 12.0. The van der Waals surface area contributed by atoms with Crippen LogP contribution in [0.3, 0.4) is 0 Å².